The molecule has 1 aliphatic heterocycles. The Morgan fingerprint density at radius 1 is 1.50 bits per heavy atom. The Kier molecular flexibility index (Phi) is 4.98. The third kappa shape index (κ3) is 3.95. The van der Waals surface area contributed by atoms with E-state index in [1.807, 2.05) is 6.07 Å². The number of hydrogen-bond donors (Lipinski definition) is 2. The van der Waals surface area contributed by atoms with Gasteiger partial charge in [-0.3, -0.25) is 9.59 Å². The van der Waals surface area contributed by atoms with E-state index >= 15 is 0 Å². The summed E-state index contributed by atoms with van der Waals surface area (Å²) in [5.41, 5.74) is 6.18. The molecule has 5 nitrogen and oxygen atoms in total. The van der Waals surface area contributed by atoms with Gasteiger partial charge in [0.05, 0.1) is 0 Å². The Morgan fingerprint density at radius 2 is 2.30 bits per heavy atom. The molecule has 0 aromatic heterocycles. The van der Waals surface area contributed by atoms with E-state index in [4.69, 9.17) is 22.1 Å². The lowest BCUT2D eigenvalue weighted by Crippen LogP contribution is -2.49. The number of carbonyl (C=O) groups excluding carboxylic acids is 2. The Hall–Kier alpha value is -1.59. The first-order valence-electron chi connectivity index (χ1n) is 6.52. The summed E-state index contributed by atoms with van der Waals surface area (Å²) < 4.78 is 5.28. The molecule has 1 aromatic rings. The van der Waals surface area contributed by atoms with Crippen LogP contribution in [0.2, 0.25) is 5.02 Å². The van der Waals surface area contributed by atoms with Gasteiger partial charge in [-0.1, -0.05) is 23.7 Å². The number of ether oxygens (including phenoxy) is 1. The summed E-state index contributed by atoms with van der Waals surface area (Å²) in [5, 5.41) is 3.22. The summed E-state index contributed by atoms with van der Waals surface area (Å²) in [6.45, 7) is 0.577. The highest BCUT2D eigenvalue weighted by atomic mass is 35.5. The summed E-state index contributed by atoms with van der Waals surface area (Å²) in [4.78, 5) is 23.4. The molecule has 3 N–H and O–H groups in total. The van der Waals surface area contributed by atoms with Gasteiger partial charge in [0.15, 0.2) is 0 Å². The van der Waals surface area contributed by atoms with Crippen LogP contribution in [0.1, 0.15) is 18.4 Å². The Bertz CT molecular complexity index is 501. The van der Waals surface area contributed by atoms with Gasteiger partial charge in [-0.2, -0.15) is 0 Å². The SMILES string of the molecule is NC(=O)[C@@H](Cc1cccc(Cl)c1)NC(=O)[C@H]1CCCO1. The minimum Gasteiger partial charge on any atom is -0.368 e. The maximum atomic E-state index is 11.9. The van der Waals surface area contributed by atoms with Crippen molar-refractivity contribution in [1.29, 1.82) is 0 Å². The quantitative estimate of drug-likeness (QED) is 0.851. The standard InChI is InChI=1S/C14H17ClN2O3/c15-10-4-1-3-9(7-10)8-11(13(16)18)17-14(19)12-5-2-6-20-12/h1,3-4,7,11-12H,2,5-6,8H2,(H2,16,18)(H,17,19)/t11-,12-/m1/s1. The van der Waals surface area contributed by atoms with Crippen molar-refractivity contribution in [3.8, 4) is 0 Å². The van der Waals surface area contributed by atoms with Crippen LogP contribution >= 0.6 is 11.6 Å². The van der Waals surface area contributed by atoms with Gasteiger partial charge >= 0.3 is 0 Å². The second-order valence-corrected chi connectivity index (χ2v) is 5.24. The molecule has 0 saturated carbocycles. The van der Waals surface area contributed by atoms with Gasteiger partial charge in [0, 0.05) is 18.1 Å². The molecule has 2 atom stereocenters. The van der Waals surface area contributed by atoms with Crippen molar-refractivity contribution in [2.45, 2.75) is 31.4 Å². The highest BCUT2D eigenvalue weighted by molar-refractivity contribution is 6.30. The second kappa shape index (κ2) is 6.72. The summed E-state index contributed by atoms with van der Waals surface area (Å²) in [6, 6.07) is 6.35. The summed E-state index contributed by atoms with van der Waals surface area (Å²) in [7, 11) is 0. The van der Waals surface area contributed by atoms with Crippen molar-refractivity contribution >= 4 is 23.4 Å². The molecule has 108 valence electrons. The highest BCUT2D eigenvalue weighted by Gasteiger charge is 2.27. The molecule has 1 aromatic carbocycles. The molecule has 1 saturated heterocycles. The van der Waals surface area contributed by atoms with E-state index in [-0.39, 0.29) is 5.91 Å². The molecule has 1 heterocycles. The van der Waals surface area contributed by atoms with Crippen LogP contribution in [0, 0.1) is 0 Å². The third-order valence-corrected chi connectivity index (χ3v) is 3.45. The van der Waals surface area contributed by atoms with Gasteiger partial charge in [-0.25, -0.2) is 0 Å². The number of rotatable bonds is 5. The van der Waals surface area contributed by atoms with E-state index in [0.717, 1.165) is 12.0 Å². The zero-order chi connectivity index (χ0) is 14.5. The van der Waals surface area contributed by atoms with Crippen LogP contribution in [-0.2, 0) is 20.7 Å². The van der Waals surface area contributed by atoms with Gasteiger partial charge in [-0.05, 0) is 30.5 Å². The Balaban J connectivity index is 2.00. The van der Waals surface area contributed by atoms with Gasteiger partial charge in [-0.15, -0.1) is 0 Å². The molecule has 2 rings (SSSR count). The molecule has 6 heteroatoms. The van der Waals surface area contributed by atoms with Crippen molar-refractivity contribution in [2.24, 2.45) is 5.73 Å². The third-order valence-electron chi connectivity index (χ3n) is 3.21. The minimum absolute atomic E-state index is 0.284. The molecular weight excluding hydrogens is 280 g/mol. The fraction of sp³-hybridized carbons (Fsp3) is 0.429. The molecule has 0 bridgehead atoms. The fourth-order valence-electron chi connectivity index (χ4n) is 2.17. The average molecular weight is 297 g/mol. The molecule has 2 amide bonds. The molecule has 20 heavy (non-hydrogen) atoms. The van der Waals surface area contributed by atoms with Gasteiger partial charge in [0.2, 0.25) is 11.8 Å². The number of amides is 2. The predicted octanol–water partition coefficient (Wildman–Crippen LogP) is 1.03. The lowest BCUT2D eigenvalue weighted by Gasteiger charge is -2.18. The maximum absolute atomic E-state index is 11.9. The van der Waals surface area contributed by atoms with Crippen molar-refractivity contribution in [3.05, 3.63) is 34.9 Å². The smallest absolute Gasteiger partial charge is 0.249 e. The van der Waals surface area contributed by atoms with E-state index < -0.39 is 18.1 Å². The van der Waals surface area contributed by atoms with Crippen LogP contribution in [0.3, 0.4) is 0 Å². The number of carbonyl (C=O) groups is 2. The normalized spacial score (nSPS) is 19.6. The summed E-state index contributed by atoms with van der Waals surface area (Å²) in [5.74, 6) is -0.857. The lowest BCUT2D eigenvalue weighted by molar-refractivity contribution is -0.133. The molecular formula is C14H17ClN2O3. The molecule has 1 fully saturated rings. The number of halogens is 1. The van der Waals surface area contributed by atoms with Crippen molar-refractivity contribution < 1.29 is 14.3 Å². The molecule has 1 aliphatic rings. The number of primary amides is 1. The highest BCUT2D eigenvalue weighted by Crippen LogP contribution is 2.14. The fourth-order valence-corrected chi connectivity index (χ4v) is 2.38. The molecule has 0 aliphatic carbocycles. The van der Waals surface area contributed by atoms with Crippen LogP contribution in [0.4, 0.5) is 0 Å². The predicted molar refractivity (Wildman–Crippen MR) is 75.3 cm³/mol. The Morgan fingerprint density at radius 3 is 2.90 bits per heavy atom. The van der Waals surface area contributed by atoms with Gasteiger partial charge < -0.3 is 15.8 Å². The Labute approximate surface area is 122 Å². The van der Waals surface area contributed by atoms with E-state index in [2.05, 4.69) is 5.32 Å². The lowest BCUT2D eigenvalue weighted by atomic mass is 10.0. The van der Waals surface area contributed by atoms with Crippen LogP contribution in [-0.4, -0.2) is 30.6 Å². The number of benzene rings is 1. The van der Waals surface area contributed by atoms with E-state index in [1.165, 1.54) is 0 Å². The summed E-state index contributed by atoms with van der Waals surface area (Å²) in [6.07, 6.45) is 1.37. The van der Waals surface area contributed by atoms with Gasteiger partial charge in [0.25, 0.3) is 0 Å². The zero-order valence-corrected chi connectivity index (χ0v) is 11.7. The van der Waals surface area contributed by atoms with E-state index in [9.17, 15) is 9.59 Å². The first kappa shape index (κ1) is 14.8. The number of nitrogens with two attached hydrogens (primary N) is 1. The first-order chi connectivity index (χ1) is 9.56. The maximum Gasteiger partial charge on any atom is 0.249 e. The monoisotopic (exact) mass is 296 g/mol. The van der Waals surface area contributed by atoms with E-state index in [1.54, 1.807) is 18.2 Å². The minimum atomic E-state index is -0.759. The van der Waals surface area contributed by atoms with E-state index in [0.29, 0.717) is 24.5 Å². The average Bonchev–Trinajstić information content (AvgIpc) is 2.91. The second-order valence-electron chi connectivity index (χ2n) is 4.80. The topological polar surface area (TPSA) is 81.4 Å². The van der Waals surface area contributed by atoms with Crippen molar-refractivity contribution in [2.75, 3.05) is 6.61 Å². The van der Waals surface area contributed by atoms with Crippen molar-refractivity contribution in [1.82, 2.24) is 5.32 Å². The molecule has 0 unspecified atom stereocenters. The largest absolute Gasteiger partial charge is 0.368 e. The van der Waals surface area contributed by atoms with Crippen LogP contribution in [0.15, 0.2) is 24.3 Å². The first-order valence-corrected chi connectivity index (χ1v) is 6.90. The number of hydrogen-bond acceptors (Lipinski definition) is 3. The van der Waals surface area contributed by atoms with Gasteiger partial charge in [0.1, 0.15) is 12.1 Å². The summed E-state index contributed by atoms with van der Waals surface area (Å²) >= 11 is 5.89. The zero-order valence-electron chi connectivity index (χ0n) is 11.0. The molecule has 0 radical (unpaired) electrons. The number of nitrogens with one attached hydrogen (secondary N) is 1. The van der Waals surface area contributed by atoms with Crippen LogP contribution in [0.25, 0.3) is 0 Å². The van der Waals surface area contributed by atoms with Crippen molar-refractivity contribution in [3.63, 3.8) is 0 Å². The molecule has 0 spiro atoms. The van der Waals surface area contributed by atoms with Crippen LogP contribution < -0.4 is 11.1 Å². The van der Waals surface area contributed by atoms with Crippen LogP contribution in [0.5, 0.6) is 0 Å².